The largest absolute Gasteiger partial charge is 0.429 e. The molecule has 0 aliphatic heterocycles. The first-order valence-corrected chi connectivity index (χ1v) is 3.05. The molecule has 1 N–H and O–H groups in total. The second-order valence-corrected chi connectivity index (χ2v) is 2.12. The highest BCUT2D eigenvalue weighted by atomic mass is 16.5. The molecule has 0 amide bonds. The Labute approximate surface area is 59.2 Å². The number of aromatic nitrogens is 1. The fourth-order valence-electron chi connectivity index (χ4n) is 0.837. The molecule has 0 spiro atoms. The van der Waals surface area contributed by atoms with Crippen molar-refractivity contribution in [3.8, 4) is 0 Å². The molecule has 1 aromatic rings. The van der Waals surface area contributed by atoms with Gasteiger partial charge in [-0.25, -0.2) is 4.73 Å². The van der Waals surface area contributed by atoms with Gasteiger partial charge in [-0.2, -0.15) is 0 Å². The van der Waals surface area contributed by atoms with E-state index >= 15 is 0 Å². The van der Waals surface area contributed by atoms with Crippen molar-refractivity contribution in [1.29, 1.82) is 0 Å². The van der Waals surface area contributed by atoms with Crippen molar-refractivity contribution < 1.29 is 5.21 Å². The van der Waals surface area contributed by atoms with Crippen LogP contribution in [0.4, 0.5) is 0 Å². The van der Waals surface area contributed by atoms with Crippen molar-refractivity contribution >= 4 is 0 Å². The van der Waals surface area contributed by atoms with Crippen molar-refractivity contribution in [3.63, 3.8) is 0 Å². The van der Waals surface area contributed by atoms with Gasteiger partial charge in [0.1, 0.15) is 0 Å². The Morgan fingerprint density at radius 1 is 1.60 bits per heavy atom. The molecule has 1 rings (SSSR count). The first-order chi connectivity index (χ1) is 4.74. The minimum atomic E-state index is 0.908. The van der Waals surface area contributed by atoms with E-state index in [1.165, 1.54) is 0 Å². The number of rotatable bonds is 0. The molecule has 0 aliphatic carbocycles. The van der Waals surface area contributed by atoms with E-state index in [4.69, 9.17) is 5.21 Å². The SMILES string of the molecule is CN=c1ccn(O)cc1C. The summed E-state index contributed by atoms with van der Waals surface area (Å²) in [6.45, 7) is 1.90. The Morgan fingerprint density at radius 2 is 2.30 bits per heavy atom. The van der Waals surface area contributed by atoms with Crippen LogP contribution in [0.1, 0.15) is 5.56 Å². The van der Waals surface area contributed by atoms with Gasteiger partial charge in [-0.15, -0.1) is 0 Å². The van der Waals surface area contributed by atoms with Crippen molar-refractivity contribution in [3.05, 3.63) is 29.4 Å². The lowest BCUT2D eigenvalue weighted by Gasteiger charge is -1.96. The smallest absolute Gasteiger partial charge is 0.0631 e. The molecule has 0 bridgehead atoms. The Kier molecular flexibility index (Phi) is 1.76. The summed E-state index contributed by atoms with van der Waals surface area (Å²) in [5, 5.41) is 9.82. The van der Waals surface area contributed by atoms with Gasteiger partial charge in [-0.1, -0.05) is 0 Å². The molecule has 3 heteroatoms. The number of hydrogen-bond acceptors (Lipinski definition) is 2. The second kappa shape index (κ2) is 2.56. The summed E-state index contributed by atoms with van der Waals surface area (Å²) >= 11 is 0. The zero-order valence-electron chi connectivity index (χ0n) is 6.07. The van der Waals surface area contributed by atoms with Crippen molar-refractivity contribution in [2.75, 3.05) is 7.05 Å². The fourth-order valence-corrected chi connectivity index (χ4v) is 0.837. The van der Waals surface area contributed by atoms with Crippen molar-refractivity contribution in [2.45, 2.75) is 6.92 Å². The van der Waals surface area contributed by atoms with Gasteiger partial charge in [0, 0.05) is 19.4 Å². The van der Waals surface area contributed by atoms with Crippen LogP contribution in [0.3, 0.4) is 0 Å². The third kappa shape index (κ3) is 1.18. The summed E-state index contributed by atoms with van der Waals surface area (Å²) in [6, 6.07) is 1.76. The maximum Gasteiger partial charge on any atom is 0.0631 e. The molecule has 54 valence electrons. The predicted molar refractivity (Wildman–Crippen MR) is 37.8 cm³/mol. The third-order valence-corrected chi connectivity index (χ3v) is 1.36. The molecule has 0 saturated heterocycles. The molecule has 1 aromatic heterocycles. The van der Waals surface area contributed by atoms with Crippen molar-refractivity contribution in [1.82, 2.24) is 4.73 Å². The van der Waals surface area contributed by atoms with Crippen LogP contribution in [-0.2, 0) is 0 Å². The van der Waals surface area contributed by atoms with E-state index < -0.39 is 0 Å². The van der Waals surface area contributed by atoms with Gasteiger partial charge < -0.3 is 5.21 Å². The minimum absolute atomic E-state index is 0.908. The van der Waals surface area contributed by atoms with E-state index in [1.54, 1.807) is 25.5 Å². The Morgan fingerprint density at radius 3 is 2.80 bits per heavy atom. The summed E-state index contributed by atoms with van der Waals surface area (Å²) < 4.78 is 1.02. The average molecular weight is 138 g/mol. The Hall–Kier alpha value is -1.25. The molecule has 1 heterocycles. The lowest BCUT2D eigenvalue weighted by Crippen LogP contribution is -2.08. The lowest BCUT2D eigenvalue weighted by atomic mass is 10.3. The van der Waals surface area contributed by atoms with Crippen molar-refractivity contribution in [2.24, 2.45) is 4.99 Å². The zero-order valence-corrected chi connectivity index (χ0v) is 6.07. The van der Waals surface area contributed by atoms with Gasteiger partial charge in [-0.05, 0) is 18.6 Å². The summed E-state index contributed by atoms with van der Waals surface area (Å²) in [5.74, 6) is 0. The highest BCUT2D eigenvalue weighted by Gasteiger charge is 1.87. The summed E-state index contributed by atoms with van der Waals surface area (Å²) in [6.07, 6.45) is 3.16. The van der Waals surface area contributed by atoms with Crippen LogP contribution in [0.25, 0.3) is 0 Å². The van der Waals surface area contributed by atoms with E-state index in [-0.39, 0.29) is 0 Å². The number of nitrogens with zero attached hydrogens (tertiary/aromatic N) is 2. The number of aryl methyl sites for hydroxylation is 1. The van der Waals surface area contributed by atoms with Crippen LogP contribution >= 0.6 is 0 Å². The normalized spacial score (nSPS) is 12.0. The lowest BCUT2D eigenvalue weighted by molar-refractivity contribution is 0.183. The molecule has 0 atom stereocenters. The quantitative estimate of drug-likeness (QED) is 0.523. The third-order valence-electron chi connectivity index (χ3n) is 1.36. The average Bonchev–Trinajstić information content (AvgIpc) is 1.88. The van der Waals surface area contributed by atoms with Crippen LogP contribution < -0.4 is 5.36 Å². The second-order valence-electron chi connectivity index (χ2n) is 2.12. The first kappa shape index (κ1) is 6.86. The Balaban J connectivity index is 3.34. The first-order valence-electron chi connectivity index (χ1n) is 3.05. The van der Waals surface area contributed by atoms with E-state index in [0.29, 0.717) is 0 Å². The number of hydrogen-bond donors (Lipinski definition) is 1. The van der Waals surface area contributed by atoms with E-state index in [1.807, 2.05) is 6.92 Å². The zero-order chi connectivity index (χ0) is 7.56. The van der Waals surface area contributed by atoms with Gasteiger partial charge >= 0.3 is 0 Å². The van der Waals surface area contributed by atoms with Crippen LogP contribution in [0.2, 0.25) is 0 Å². The molecule has 0 aliphatic rings. The van der Waals surface area contributed by atoms with Gasteiger partial charge in [0.2, 0.25) is 0 Å². The molecule has 0 saturated carbocycles. The van der Waals surface area contributed by atoms with E-state index in [2.05, 4.69) is 4.99 Å². The molecular formula is C7H10N2O. The minimum Gasteiger partial charge on any atom is -0.429 e. The molecule has 0 radical (unpaired) electrons. The fraction of sp³-hybridized carbons (Fsp3) is 0.286. The van der Waals surface area contributed by atoms with Gasteiger partial charge in [0.05, 0.1) is 5.36 Å². The highest BCUT2D eigenvalue weighted by molar-refractivity contribution is 5.05. The highest BCUT2D eigenvalue weighted by Crippen LogP contribution is 1.85. The summed E-state index contributed by atoms with van der Waals surface area (Å²) in [5.41, 5.74) is 0.965. The van der Waals surface area contributed by atoms with Crippen LogP contribution in [-0.4, -0.2) is 17.0 Å². The van der Waals surface area contributed by atoms with Crippen LogP contribution in [0.5, 0.6) is 0 Å². The monoisotopic (exact) mass is 138 g/mol. The molecular weight excluding hydrogens is 128 g/mol. The molecule has 0 unspecified atom stereocenters. The maximum absolute atomic E-state index is 8.91. The molecule has 0 aromatic carbocycles. The maximum atomic E-state index is 8.91. The van der Waals surface area contributed by atoms with Gasteiger partial charge in [-0.3, -0.25) is 4.99 Å². The molecule has 3 nitrogen and oxygen atoms in total. The topological polar surface area (TPSA) is 37.5 Å². The van der Waals surface area contributed by atoms with Gasteiger partial charge in [0.15, 0.2) is 0 Å². The number of pyridine rings is 1. The Bertz CT molecular complexity index is 288. The summed E-state index contributed by atoms with van der Waals surface area (Å²) in [7, 11) is 1.73. The summed E-state index contributed by atoms with van der Waals surface area (Å²) in [4.78, 5) is 3.99. The molecule has 0 fully saturated rings. The van der Waals surface area contributed by atoms with Crippen LogP contribution in [0.15, 0.2) is 23.5 Å². The van der Waals surface area contributed by atoms with Gasteiger partial charge in [0.25, 0.3) is 0 Å². The standard InChI is InChI=1S/C7H10N2O/c1-6-5-9(10)4-3-7(6)8-2/h3-5,10H,1-2H3. The van der Waals surface area contributed by atoms with E-state index in [9.17, 15) is 0 Å². The van der Waals surface area contributed by atoms with E-state index in [0.717, 1.165) is 15.7 Å². The van der Waals surface area contributed by atoms with Crippen LogP contribution in [0, 0.1) is 6.92 Å². The predicted octanol–water partition coefficient (Wildman–Crippen LogP) is 0.564. The molecule has 10 heavy (non-hydrogen) atoms.